The molecule has 0 aliphatic rings. The molecular weight excluding hydrogens is 656 g/mol. The van der Waals surface area contributed by atoms with Gasteiger partial charge in [0.25, 0.3) is 0 Å². The molecule has 0 aromatic rings. The van der Waals surface area contributed by atoms with Crippen molar-refractivity contribution in [2.24, 2.45) is 0 Å². The summed E-state index contributed by atoms with van der Waals surface area (Å²) in [6.07, 6.45) is 10.1. The molecular formula is C39H74N2O10. The predicted octanol–water partition coefficient (Wildman–Crippen LogP) is 6.52. The molecule has 0 spiro atoms. The Labute approximate surface area is 310 Å². The fourth-order valence-corrected chi connectivity index (χ4v) is 1.79. The zero-order chi connectivity index (χ0) is 41.7. The molecule has 0 fully saturated rings. The number of amides is 1. The number of likely N-dealkylation sites (N-methyl/N-ethyl adjacent to an activating group) is 2. The Bertz CT molecular complexity index is 946. The zero-order valence-corrected chi connectivity index (χ0v) is 33.9. The van der Waals surface area contributed by atoms with Crippen LogP contribution in [0.2, 0.25) is 0 Å². The van der Waals surface area contributed by atoms with Gasteiger partial charge in [0, 0.05) is 40.3 Å². The van der Waals surface area contributed by atoms with Gasteiger partial charge >= 0.3 is 0 Å². The van der Waals surface area contributed by atoms with Gasteiger partial charge in [0.2, 0.25) is 5.91 Å². The number of nitrogens with one attached hydrogen (secondary N) is 1. The molecule has 51 heavy (non-hydrogen) atoms. The number of allylic oxidation sites excluding steroid dienone is 4. The molecule has 0 radical (unpaired) electrons. The molecule has 1 amide bonds. The van der Waals surface area contributed by atoms with Gasteiger partial charge in [0.15, 0.2) is 17.3 Å². The van der Waals surface area contributed by atoms with Crippen LogP contribution in [0.5, 0.6) is 0 Å². The SMILES string of the molecule is C.C/C=C/C(C)=O.C=CC(C)=O.C=CCCC(C)=O.CC(=O)CN(C)C(C)=O.CCC(C)=O.CCCC(C)=O.CNCC(C)=O.COCC(C)=O. The first-order chi connectivity index (χ1) is 22.9. The van der Waals surface area contributed by atoms with Crippen LogP contribution >= 0.6 is 0 Å². The van der Waals surface area contributed by atoms with E-state index in [1.54, 1.807) is 53.9 Å². The van der Waals surface area contributed by atoms with Gasteiger partial charge in [-0.25, -0.2) is 0 Å². The van der Waals surface area contributed by atoms with E-state index in [4.69, 9.17) is 0 Å². The Morgan fingerprint density at radius 3 is 1.14 bits per heavy atom. The third-order valence-corrected chi connectivity index (χ3v) is 4.26. The van der Waals surface area contributed by atoms with E-state index in [0.29, 0.717) is 19.4 Å². The lowest BCUT2D eigenvalue weighted by molar-refractivity contribution is -0.131. The molecule has 0 unspecified atom stereocenters. The number of Topliss-reactive ketones (excluding diaryl/α,β-unsaturated/α-hetero) is 6. The fraction of sp³-hybridized carbons (Fsp3) is 0.615. The van der Waals surface area contributed by atoms with E-state index < -0.39 is 0 Å². The minimum Gasteiger partial charge on any atom is -0.377 e. The highest BCUT2D eigenvalue weighted by Gasteiger charge is 2.02. The van der Waals surface area contributed by atoms with Crippen molar-refractivity contribution < 1.29 is 47.9 Å². The first kappa shape index (κ1) is 68.8. The van der Waals surface area contributed by atoms with Gasteiger partial charge in [-0.05, 0) is 94.4 Å². The Kier molecular flexibility index (Phi) is 78.6. The summed E-state index contributed by atoms with van der Waals surface area (Å²) in [5.74, 6) is 1.08. The summed E-state index contributed by atoms with van der Waals surface area (Å²) in [4.78, 5) is 91.8. The molecule has 0 saturated carbocycles. The van der Waals surface area contributed by atoms with Crippen LogP contribution < -0.4 is 5.32 Å². The minimum absolute atomic E-state index is 0. The average molecular weight is 731 g/mol. The summed E-state index contributed by atoms with van der Waals surface area (Å²) >= 11 is 0. The number of nitrogens with zero attached hydrogens (tertiary/aromatic N) is 1. The normalized spacial score (nSPS) is 8.14. The highest BCUT2D eigenvalue weighted by Crippen LogP contribution is 1.88. The molecule has 300 valence electrons. The molecule has 0 rings (SSSR count). The largest absolute Gasteiger partial charge is 0.377 e. The van der Waals surface area contributed by atoms with Crippen molar-refractivity contribution >= 4 is 52.2 Å². The molecule has 0 aromatic carbocycles. The van der Waals surface area contributed by atoms with Crippen molar-refractivity contribution in [3.63, 3.8) is 0 Å². The fourth-order valence-electron chi connectivity index (χ4n) is 1.79. The van der Waals surface area contributed by atoms with Crippen molar-refractivity contribution in [2.45, 2.75) is 123 Å². The summed E-state index contributed by atoms with van der Waals surface area (Å²) in [6.45, 7) is 27.0. The standard InChI is InChI=1S/C6H11NO2.C6H10O.C5H10O.C5H8O.C4H9NO.C4H8O2.C4H8O.C4H6O.CH4/c1-5(8)4-7(3)6(2)9;1-3-4-5-6(2)7;2*1-3-4-5(2)6;1-4(6)3-5-2;1-4(5)3-6-2;2*1-3-4(2)5;/h4H2,1-3H3;3H,1,4-5H2,2H3;3-4H2,1-2H3;3-4H,1-2H3;5H,3H2,1-2H3;3H2,1-2H3;3H2,1-2H3;3H,1H2,2H3;1H4/b;;;4-3+;;;;;. The molecule has 0 atom stereocenters. The quantitative estimate of drug-likeness (QED) is 0.152. The second-order valence-electron chi connectivity index (χ2n) is 10.4. The maximum atomic E-state index is 10.5. The van der Waals surface area contributed by atoms with Gasteiger partial charge in [-0.1, -0.05) is 40.0 Å². The van der Waals surface area contributed by atoms with E-state index in [9.17, 15) is 43.2 Å². The monoisotopic (exact) mass is 731 g/mol. The summed E-state index contributed by atoms with van der Waals surface area (Å²) in [7, 11) is 4.85. The maximum Gasteiger partial charge on any atom is 0.219 e. The van der Waals surface area contributed by atoms with Gasteiger partial charge in [0.1, 0.15) is 35.5 Å². The molecule has 0 aliphatic carbocycles. The summed E-state index contributed by atoms with van der Waals surface area (Å²) in [6, 6.07) is 0. The molecule has 1 N–H and O–H groups in total. The van der Waals surface area contributed by atoms with Crippen LogP contribution in [0.15, 0.2) is 37.5 Å². The van der Waals surface area contributed by atoms with E-state index in [0.717, 1.165) is 19.3 Å². The Morgan fingerprint density at radius 2 is 1.10 bits per heavy atom. The average Bonchev–Trinajstić information content (AvgIpc) is 2.97. The van der Waals surface area contributed by atoms with Crippen LogP contribution in [0.3, 0.4) is 0 Å². The number of hydrogen-bond acceptors (Lipinski definition) is 11. The van der Waals surface area contributed by atoms with E-state index in [-0.39, 0.29) is 72.8 Å². The van der Waals surface area contributed by atoms with Crippen LogP contribution in [-0.2, 0) is 47.9 Å². The summed E-state index contributed by atoms with van der Waals surface area (Å²) in [5, 5.41) is 2.72. The zero-order valence-electron chi connectivity index (χ0n) is 33.9. The second-order valence-corrected chi connectivity index (χ2v) is 10.4. The van der Waals surface area contributed by atoms with E-state index >= 15 is 0 Å². The number of ketones is 8. The third kappa shape index (κ3) is 155. The smallest absolute Gasteiger partial charge is 0.219 e. The Hall–Kier alpha value is -4.03. The van der Waals surface area contributed by atoms with Gasteiger partial charge in [-0.2, -0.15) is 0 Å². The molecule has 0 saturated heterocycles. The molecule has 0 heterocycles. The van der Waals surface area contributed by atoms with Gasteiger partial charge in [-0.15, -0.1) is 6.58 Å². The Balaban J connectivity index is -0.0000000567. The van der Waals surface area contributed by atoms with E-state index in [2.05, 4.69) is 23.2 Å². The lowest BCUT2D eigenvalue weighted by atomic mass is 10.2. The topological polar surface area (TPSA) is 178 Å². The highest BCUT2D eigenvalue weighted by atomic mass is 16.5. The summed E-state index contributed by atoms with van der Waals surface area (Å²) < 4.78 is 4.45. The van der Waals surface area contributed by atoms with Crippen molar-refractivity contribution in [3.05, 3.63) is 37.5 Å². The molecule has 0 bridgehead atoms. The van der Waals surface area contributed by atoms with Crippen LogP contribution in [0, 0.1) is 0 Å². The molecule has 0 aromatic heterocycles. The highest BCUT2D eigenvalue weighted by molar-refractivity contribution is 5.87. The minimum atomic E-state index is -0.0785. The van der Waals surface area contributed by atoms with Crippen molar-refractivity contribution in [1.82, 2.24) is 10.2 Å². The van der Waals surface area contributed by atoms with Crippen molar-refractivity contribution in [2.75, 3.05) is 40.9 Å². The number of carbonyl (C=O) groups is 9. The predicted molar refractivity (Wildman–Crippen MR) is 211 cm³/mol. The van der Waals surface area contributed by atoms with E-state index in [1.807, 2.05) is 20.8 Å². The van der Waals surface area contributed by atoms with Crippen LogP contribution in [0.1, 0.15) is 123 Å². The lowest BCUT2D eigenvalue weighted by Crippen LogP contribution is -2.28. The van der Waals surface area contributed by atoms with Crippen molar-refractivity contribution in [1.29, 1.82) is 0 Å². The first-order valence-electron chi connectivity index (χ1n) is 16.1. The number of rotatable bonds is 14. The van der Waals surface area contributed by atoms with Gasteiger partial charge in [0.05, 0.1) is 13.1 Å². The number of hydrogen-bond donors (Lipinski definition) is 1. The number of methoxy groups -OCH3 is 1. The second kappa shape index (κ2) is 58.2. The lowest BCUT2D eigenvalue weighted by Gasteiger charge is -2.10. The summed E-state index contributed by atoms with van der Waals surface area (Å²) in [5.41, 5.74) is 0. The van der Waals surface area contributed by atoms with Crippen molar-refractivity contribution in [3.8, 4) is 0 Å². The van der Waals surface area contributed by atoms with Crippen LogP contribution in [0.25, 0.3) is 0 Å². The van der Waals surface area contributed by atoms with Gasteiger partial charge in [-0.3, -0.25) is 28.8 Å². The molecule has 12 nitrogen and oxygen atoms in total. The number of ether oxygens (including phenoxy) is 1. The van der Waals surface area contributed by atoms with E-state index in [1.165, 1.54) is 58.8 Å². The third-order valence-electron chi connectivity index (χ3n) is 4.26. The van der Waals surface area contributed by atoms with Gasteiger partial charge < -0.3 is 29.3 Å². The first-order valence-corrected chi connectivity index (χ1v) is 16.1. The number of carbonyl (C=O) groups excluding carboxylic acids is 9. The van der Waals surface area contributed by atoms with Crippen LogP contribution in [0.4, 0.5) is 0 Å². The molecule has 12 heteroatoms. The van der Waals surface area contributed by atoms with Crippen LogP contribution in [-0.4, -0.2) is 98.0 Å². The molecule has 0 aliphatic heterocycles. The maximum absolute atomic E-state index is 10.5. The Morgan fingerprint density at radius 1 is 0.686 bits per heavy atom.